The number of anilines is 1. The second kappa shape index (κ2) is 6.88. The maximum Gasteiger partial charge on any atom is 0.270 e. The Hall–Kier alpha value is -2.37. The van der Waals surface area contributed by atoms with Crippen molar-refractivity contribution in [3.05, 3.63) is 41.6 Å². The summed E-state index contributed by atoms with van der Waals surface area (Å²) in [5.74, 6) is 1.06. The van der Waals surface area contributed by atoms with Crippen LogP contribution in [0.25, 0.3) is 0 Å². The monoisotopic (exact) mass is 288 g/mol. The van der Waals surface area contributed by atoms with E-state index < -0.39 is 0 Å². The van der Waals surface area contributed by atoms with E-state index in [9.17, 15) is 4.79 Å². The maximum absolute atomic E-state index is 12.2. The molecule has 0 aromatic carbocycles. The molecule has 6 nitrogen and oxygen atoms in total. The van der Waals surface area contributed by atoms with E-state index in [1.54, 1.807) is 18.4 Å². The number of aromatic nitrogens is 2. The van der Waals surface area contributed by atoms with Crippen molar-refractivity contribution in [3.63, 3.8) is 0 Å². The molecule has 0 atom stereocenters. The summed E-state index contributed by atoms with van der Waals surface area (Å²) in [5, 5.41) is 2.79. The molecule has 0 spiro atoms. The normalized spacial score (nSPS) is 10.4. The third-order valence-corrected chi connectivity index (χ3v) is 3.12. The molecule has 2 aromatic rings. The van der Waals surface area contributed by atoms with E-state index in [1.165, 1.54) is 0 Å². The minimum Gasteiger partial charge on any atom is -0.467 e. The quantitative estimate of drug-likeness (QED) is 0.882. The Balaban J connectivity index is 2.12. The van der Waals surface area contributed by atoms with E-state index in [-0.39, 0.29) is 5.91 Å². The molecule has 2 rings (SSSR count). The number of carbonyl (C=O) groups is 1. The highest BCUT2D eigenvalue weighted by molar-refractivity contribution is 5.92. The zero-order chi connectivity index (χ0) is 15.2. The van der Waals surface area contributed by atoms with Gasteiger partial charge in [-0.05, 0) is 39.0 Å². The van der Waals surface area contributed by atoms with E-state index in [0.717, 1.165) is 18.8 Å². The lowest BCUT2D eigenvalue weighted by Gasteiger charge is -2.19. The van der Waals surface area contributed by atoms with E-state index in [0.29, 0.717) is 23.9 Å². The van der Waals surface area contributed by atoms with Crippen LogP contribution in [0.5, 0.6) is 0 Å². The summed E-state index contributed by atoms with van der Waals surface area (Å²) < 4.78 is 5.18. The number of hydrogen-bond acceptors (Lipinski definition) is 5. The van der Waals surface area contributed by atoms with E-state index >= 15 is 0 Å². The lowest BCUT2D eigenvalue weighted by molar-refractivity contribution is 0.0943. The van der Waals surface area contributed by atoms with Gasteiger partial charge in [0.25, 0.3) is 5.91 Å². The third-order valence-electron chi connectivity index (χ3n) is 3.12. The predicted octanol–water partition coefficient (Wildman–Crippen LogP) is 2.15. The summed E-state index contributed by atoms with van der Waals surface area (Å²) in [6.45, 7) is 7.87. The average Bonchev–Trinajstić information content (AvgIpc) is 2.99. The van der Waals surface area contributed by atoms with Crippen LogP contribution in [0.1, 0.15) is 35.8 Å². The molecule has 2 aromatic heterocycles. The molecule has 0 aliphatic rings. The van der Waals surface area contributed by atoms with Gasteiger partial charge in [-0.15, -0.1) is 0 Å². The Labute approximate surface area is 124 Å². The van der Waals surface area contributed by atoms with Crippen molar-refractivity contribution in [1.29, 1.82) is 0 Å². The van der Waals surface area contributed by atoms with Crippen molar-refractivity contribution < 1.29 is 9.21 Å². The number of rotatable bonds is 6. The third kappa shape index (κ3) is 3.81. The van der Waals surface area contributed by atoms with Gasteiger partial charge in [-0.1, -0.05) is 0 Å². The second-order valence-electron chi connectivity index (χ2n) is 4.63. The Kier molecular flexibility index (Phi) is 4.92. The molecule has 112 valence electrons. The van der Waals surface area contributed by atoms with Crippen LogP contribution in [-0.2, 0) is 6.54 Å². The molecule has 21 heavy (non-hydrogen) atoms. The molecule has 2 heterocycles. The first kappa shape index (κ1) is 15.0. The molecule has 0 aliphatic heterocycles. The number of aryl methyl sites for hydroxylation is 1. The molecule has 6 heteroatoms. The van der Waals surface area contributed by atoms with Gasteiger partial charge < -0.3 is 14.6 Å². The van der Waals surface area contributed by atoms with Gasteiger partial charge in [-0.25, -0.2) is 9.97 Å². The molecular formula is C15H20N4O2. The first-order valence-corrected chi connectivity index (χ1v) is 7.05. The van der Waals surface area contributed by atoms with Crippen molar-refractivity contribution in [2.45, 2.75) is 27.3 Å². The molecule has 0 fully saturated rings. The van der Waals surface area contributed by atoms with Crippen LogP contribution in [0, 0.1) is 6.92 Å². The highest BCUT2D eigenvalue weighted by Crippen LogP contribution is 2.10. The van der Waals surface area contributed by atoms with Gasteiger partial charge in [0.15, 0.2) is 0 Å². The highest BCUT2D eigenvalue weighted by atomic mass is 16.3. The number of nitrogens with one attached hydrogen (secondary N) is 1. The van der Waals surface area contributed by atoms with Gasteiger partial charge in [0, 0.05) is 18.8 Å². The van der Waals surface area contributed by atoms with Crippen LogP contribution in [-0.4, -0.2) is 29.0 Å². The minimum absolute atomic E-state index is 0.231. The predicted molar refractivity (Wildman–Crippen MR) is 80.2 cm³/mol. The van der Waals surface area contributed by atoms with Gasteiger partial charge in [-0.3, -0.25) is 4.79 Å². The molecule has 0 saturated carbocycles. The summed E-state index contributed by atoms with van der Waals surface area (Å²) in [6, 6.07) is 5.28. The van der Waals surface area contributed by atoms with E-state index in [4.69, 9.17) is 4.42 Å². The first-order chi connectivity index (χ1) is 10.1. The zero-order valence-electron chi connectivity index (χ0n) is 12.6. The molecule has 0 aliphatic carbocycles. The summed E-state index contributed by atoms with van der Waals surface area (Å²) in [4.78, 5) is 22.9. The fourth-order valence-electron chi connectivity index (χ4n) is 1.99. The number of carbonyl (C=O) groups excluding carboxylic acids is 1. The lowest BCUT2D eigenvalue weighted by Crippen LogP contribution is -2.28. The number of furan rings is 1. The second-order valence-corrected chi connectivity index (χ2v) is 4.63. The van der Waals surface area contributed by atoms with Gasteiger partial charge in [0.2, 0.25) is 5.95 Å². The zero-order valence-corrected chi connectivity index (χ0v) is 12.6. The molecular weight excluding hydrogens is 268 g/mol. The van der Waals surface area contributed by atoms with Crippen LogP contribution in [0.2, 0.25) is 0 Å². The molecule has 0 radical (unpaired) electrons. The van der Waals surface area contributed by atoms with Gasteiger partial charge in [-0.2, -0.15) is 0 Å². The number of hydrogen-bond donors (Lipinski definition) is 1. The SMILES string of the molecule is CCN(CC)c1nc(C)cc(C(=O)NCc2ccco2)n1. The van der Waals surface area contributed by atoms with Crippen LogP contribution in [0.15, 0.2) is 28.9 Å². The largest absolute Gasteiger partial charge is 0.467 e. The van der Waals surface area contributed by atoms with Crippen molar-refractivity contribution in [2.24, 2.45) is 0 Å². The fourth-order valence-corrected chi connectivity index (χ4v) is 1.99. The highest BCUT2D eigenvalue weighted by Gasteiger charge is 2.13. The van der Waals surface area contributed by atoms with Gasteiger partial charge in [0.1, 0.15) is 11.5 Å². The maximum atomic E-state index is 12.2. The van der Waals surface area contributed by atoms with E-state index in [1.807, 2.05) is 31.7 Å². The average molecular weight is 288 g/mol. The van der Waals surface area contributed by atoms with Crippen LogP contribution in [0.3, 0.4) is 0 Å². The lowest BCUT2D eigenvalue weighted by atomic mass is 10.3. The summed E-state index contributed by atoms with van der Waals surface area (Å²) in [6.07, 6.45) is 1.58. The van der Waals surface area contributed by atoms with Crippen molar-refractivity contribution in [3.8, 4) is 0 Å². The van der Waals surface area contributed by atoms with Gasteiger partial charge >= 0.3 is 0 Å². The fraction of sp³-hybridized carbons (Fsp3) is 0.400. The summed E-state index contributed by atoms with van der Waals surface area (Å²) >= 11 is 0. The molecule has 0 saturated heterocycles. The minimum atomic E-state index is -0.231. The Morgan fingerprint density at radius 1 is 1.33 bits per heavy atom. The van der Waals surface area contributed by atoms with Crippen LogP contribution in [0.4, 0.5) is 5.95 Å². The smallest absolute Gasteiger partial charge is 0.270 e. The number of amides is 1. The van der Waals surface area contributed by atoms with Gasteiger partial charge in [0.05, 0.1) is 12.8 Å². The van der Waals surface area contributed by atoms with Crippen molar-refractivity contribution >= 4 is 11.9 Å². The molecule has 1 N–H and O–H groups in total. The van der Waals surface area contributed by atoms with E-state index in [2.05, 4.69) is 15.3 Å². The summed E-state index contributed by atoms with van der Waals surface area (Å²) in [7, 11) is 0. The molecule has 0 unspecified atom stereocenters. The van der Waals surface area contributed by atoms with Crippen LogP contribution >= 0.6 is 0 Å². The standard InChI is InChI=1S/C15H20N4O2/c1-4-19(5-2)15-17-11(3)9-13(18-15)14(20)16-10-12-7-6-8-21-12/h6-9H,4-5,10H2,1-3H3,(H,16,20). The number of nitrogens with zero attached hydrogens (tertiary/aromatic N) is 3. The topological polar surface area (TPSA) is 71.3 Å². The molecule has 1 amide bonds. The first-order valence-electron chi connectivity index (χ1n) is 7.05. The van der Waals surface area contributed by atoms with Crippen molar-refractivity contribution in [1.82, 2.24) is 15.3 Å². The van der Waals surface area contributed by atoms with Crippen LogP contribution < -0.4 is 10.2 Å². The van der Waals surface area contributed by atoms with Crippen molar-refractivity contribution in [2.75, 3.05) is 18.0 Å². The Morgan fingerprint density at radius 2 is 2.10 bits per heavy atom. The Bertz CT molecular complexity index is 592. The molecule has 0 bridgehead atoms. The summed E-state index contributed by atoms with van der Waals surface area (Å²) in [5.41, 5.74) is 1.14. The Morgan fingerprint density at radius 3 is 2.71 bits per heavy atom.